The van der Waals surface area contributed by atoms with Crippen molar-refractivity contribution in [2.45, 2.75) is 57.8 Å². The van der Waals surface area contributed by atoms with Gasteiger partial charge in [-0.3, -0.25) is 4.79 Å². The van der Waals surface area contributed by atoms with Gasteiger partial charge in [0.05, 0.1) is 7.11 Å². The summed E-state index contributed by atoms with van der Waals surface area (Å²) in [5.74, 6) is -0.342. The standard InChI is InChI=1S/C36H43N3O9/c1-36(2,3)48-34(42)38-18-10-15-30(33(41)46-20-23-16-17-24(19-31(23)44-5)45-22-32(40)37-4)39-35(43)47-21-29-27-13-8-6-11-25(27)26-12-7-9-14-28(26)29/h6-9,11-14,16-17,19,29-30H,10,15,18,20-22H2,1-5H3,(H,37,40)(H,38,42)(H,39,43)/t30-/m1/s1. The fourth-order valence-electron chi connectivity index (χ4n) is 5.25. The number of benzene rings is 3. The molecule has 1 aliphatic carbocycles. The van der Waals surface area contributed by atoms with Gasteiger partial charge in [-0.25, -0.2) is 14.4 Å². The fourth-order valence-corrected chi connectivity index (χ4v) is 5.25. The summed E-state index contributed by atoms with van der Waals surface area (Å²) in [6.45, 7) is 5.24. The Labute approximate surface area is 280 Å². The molecule has 1 atom stereocenters. The molecule has 3 amide bonds. The molecule has 48 heavy (non-hydrogen) atoms. The van der Waals surface area contributed by atoms with Gasteiger partial charge in [-0.15, -0.1) is 0 Å². The molecule has 0 aliphatic heterocycles. The van der Waals surface area contributed by atoms with Crippen LogP contribution < -0.4 is 25.4 Å². The van der Waals surface area contributed by atoms with Gasteiger partial charge in [-0.05, 0) is 68.0 Å². The molecule has 1 aliphatic rings. The number of ether oxygens (including phenoxy) is 5. The molecular weight excluding hydrogens is 618 g/mol. The monoisotopic (exact) mass is 661 g/mol. The predicted octanol–water partition coefficient (Wildman–Crippen LogP) is 5.08. The maximum atomic E-state index is 13.3. The third-order valence-electron chi connectivity index (χ3n) is 7.54. The van der Waals surface area contributed by atoms with Gasteiger partial charge in [0, 0.05) is 31.1 Å². The largest absolute Gasteiger partial charge is 0.496 e. The Balaban J connectivity index is 1.39. The van der Waals surface area contributed by atoms with Gasteiger partial charge in [0.1, 0.15) is 36.4 Å². The van der Waals surface area contributed by atoms with Crippen molar-refractivity contribution >= 4 is 24.1 Å². The molecule has 0 bridgehead atoms. The number of carbonyl (C=O) groups excluding carboxylic acids is 4. The third-order valence-corrected chi connectivity index (χ3v) is 7.54. The zero-order valence-electron chi connectivity index (χ0n) is 27.9. The topological polar surface area (TPSA) is 151 Å². The molecule has 0 aromatic heterocycles. The van der Waals surface area contributed by atoms with Crippen molar-refractivity contribution in [3.8, 4) is 22.6 Å². The molecule has 0 radical (unpaired) electrons. The Kier molecular flexibility index (Phi) is 12.3. The normalized spacial score (nSPS) is 12.5. The van der Waals surface area contributed by atoms with Crippen LogP contribution in [-0.2, 0) is 30.4 Å². The molecular formula is C36H43N3O9. The summed E-state index contributed by atoms with van der Waals surface area (Å²) in [5, 5.41) is 7.79. The van der Waals surface area contributed by atoms with Crippen LogP contribution in [0.15, 0.2) is 66.7 Å². The second-order valence-electron chi connectivity index (χ2n) is 12.1. The lowest BCUT2D eigenvalue weighted by atomic mass is 9.98. The zero-order valence-corrected chi connectivity index (χ0v) is 27.9. The Bertz CT molecular complexity index is 1560. The number of alkyl carbamates (subject to hydrolysis) is 2. The smallest absolute Gasteiger partial charge is 0.407 e. The molecule has 0 unspecified atom stereocenters. The van der Waals surface area contributed by atoms with E-state index in [2.05, 4.69) is 16.0 Å². The van der Waals surface area contributed by atoms with Crippen molar-refractivity contribution in [2.24, 2.45) is 0 Å². The van der Waals surface area contributed by atoms with Gasteiger partial charge in [0.15, 0.2) is 6.61 Å². The van der Waals surface area contributed by atoms with Crippen LogP contribution in [0, 0.1) is 0 Å². The van der Waals surface area contributed by atoms with Crippen LogP contribution in [-0.4, -0.2) is 69.6 Å². The second-order valence-corrected chi connectivity index (χ2v) is 12.1. The van der Waals surface area contributed by atoms with E-state index in [1.165, 1.54) is 14.2 Å². The lowest BCUT2D eigenvalue weighted by molar-refractivity contribution is -0.147. The first kappa shape index (κ1) is 35.6. The van der Waals surface area contributed by atoms with E-state index in [9.17, 15) is 19.2 Å². The molecule has 12 nitrogen and oxygen atoms in total. The first-order chi connectivity index (χ1) is 23.0. The van der Waals surface area contributed by atoms with Crippen LogP contribution in [0.1, 0.15) is 56.2 Å². The lowest BCUT2D eigenvalue weighted by Gasteiger charge is -2.21. The molecule has 3 aromatic carbocycles. The minimum atomic E-state index is -1.07. The number of amides is 3. The number of hydrogen-bond donors (Lipinski definition) is 3. The molecule has 0 spiro atoms. The summed E-state index contributed by atoms with van der Waals surface area (Å²) < 4.78 is 27.4. The summed E-state index contributed by atoms with van der Waals surface area (Å²) in [6, 6.07) is 19.8. The van der Waals surface area contributed by atoms with E-state index in [1.54, 1.807) is 39.0 Å². The van der Waals surface area contributed by atoms with Gasteiger partial charge in [-0.1, -0.05) is 48.5 Å². The molecule has 4 rings (SSSR count). The zero-order chi connectivity index (χ0) is 34.7. The highest BCUT2D eigenvalue weighted by molar-refractivity contribution is 5.82. The molecule has 0 saturated carbocycles. The van der Waals surface area contributed by atoms with Crippen molar-refractivity contribution in [1.82, 2.24) is 16.0 Å². The van der Waals surface area contributed by atoms with Gasteiger partial charge >= 0.3 is 18.2 Å². The Hall–Kier alpha value is -5.26. The van der Waals surface area contributed by atoms with E-state index in [-0.39, 0.29) is 44.6 Å². The quantitative estimate of drug-likeness (QED) is 0.122. The maximum absolute atomic E-state index is 13.3. The van der Waals surface area contributed by atoms with Crippen molar-refractivity contribution in [3.05, 3.63) is 83.4 Å². The number of rotatable bonds is 14. The van der Waals surface area contributed by atoms with Gasteiger partial charge in [0.25, 0.3) is 5.91 Å². The average Bonchev–Trinajstić information content (AvgIpc) is 3.39. The fraction of sp³-hybridized carbons (Fsp3) is 0.389. The minimum Gasteiger partial charge on any atom is -0.496 e. The van der Waals surface area contributed by atoms with Gasteiger partial charge in [0.2, 0.25) is 0 Å². The molecule has 0 fully saturated rings. The number of nitrogens with one attached hydrogen (secondary N) is 3. The summed E-state index contributed by atoms with van der Waals surface area (Å²) in [5.41, 5.74) is 4.22. The van der Waals surface area contributed by atoms with Crippen LogP contribution in [0.3, 0.4) is 0 Å². The van der Waals surface area contributed by atoms with Crippen molar-refractivity contribution in [1.29, 1.82) is 0 Å². The minimum absolute atomic E-state index is 0.0767. The highest BCUT2D eigenvalue weighted by Gasteiger charge is 2.30. The number of esters is 1. The van der Waals surface area contributed by atoms with Crippen LogP contribution in [0.4, 0.5) is 9.59 Å². The molecule has 12 heteroatoms. The van der Waals surface area contributed by atoms with Crippen LogP contribution >= 0.6 is 0 Å². The molecule has 3 aromatic rings. The molecule has 0 saturated heterocycles. The van der Waals surface area contributed by atoms with E-state index < -0.39 is 29.8 Å². The highest BCUT2D eigenvalue weighted by atomic mass is 16.6. The van der Waals surface area contributed by atoms with Crippen LogP contribution in [0.25, 0.3) is 11.1 Å². The third kappa shape index (κ3) is 9.87. The molecule has 3 N–H and O–H groups in total. The number of likely N-dealkylation sites (N-methyl/N-ethyl adjacent to an activating group) is 1. The summed E-state index contributed by atoms with van der Waals surface area (Å²) in [4.78, 5) is 50.0. The van der Waals surface area contributed by atoms with Crippen LogP contribution in [0.2, 0.25) is 0 Å². The Morgan fingerprint density at radius 3 is 2.17 bits per heavy atom. The van der Waals surface area contributed by atoms with Crippen molar-refractivity contribution in [3.63, 3.8) is 0 Å². The van der Waals surface area contributed by atoms with E-state index in [4.69, 9.17) is 23.7 Å². The first-order valence-corrected chi connectivity index (χ1v) is 15.7. The summed E-state index contributed by atoms with van der Waals surface area (Å²) >= 11 is 0. The second kappa shape index (κ2) is 16.5. The molecule has 256 valence electrons. The molecule has 0 heterocycles. The summed E-state index contributed by atoms with van der Waals surface area (Å²) in [7, 11) is 2.97. The maximum Gasteiger partial charge on any atom is 0.407 e. The number of fused-ring (bicyclic) bond motifs is 3. The van der Waals surface area contributed by atoms with Crippen LogP contribution in [0.5, 0.6) is 11.5 Å². The lowest BCUT2D eigenvalue weighted by Crippen LogP contribution is -2.43. The van der Waals surface area contributed by atoms with E-state index in [0.29, 0.717) is 23.5 Å². The Morgan fingerprint density at radius 1 is 0.875 bits per heavy atom. The van der Waals surface area contributed by atoms with Gasteiger partial charge < -0.3 is 39.6 Å². The van der Waals surface area contributed by atoms with E-state index >= 15 is 0 Å². The first-order valence-electron chi connectivity index (χ1n) is 15.7. The van der Waals surface area contributed by atoms with E-state index in [1.807, 2.05) is 48.5 Å². The van der Waals surface area contributed by atoms with E-state index in [0.717, 1.165) is 22.3 Å². The van der Waals surface area contributed by atoms with Crippen molar-refractivity contribution < 1.29 is 42.9 Å². The number of methoxy groups -OCH3 is 1. The van der Waals surface area contributed by atoms with Gasteiger partial charge in [-0.2, -0.15) is 0 Å². The number of hydrogen-bond acceptors (Lipinski definition) is 9. The number of carbonyl (C=O) groups is 4. The Morgan fingerprint density at radius 2 is 1.54 bits per heavy atom. The highest BCUT2D eigenvalue weighted by Crippen LogP contribution is 2.44. The van der Waals surface area contributed by atoms with Crippen molar-refractivity contribution in [2.75, 3.05) is 33.9 Å². The predicted molar refractivity (Wildman–Crippen MR) is 178 cm³/mol. The summed E-state index contributed by atoms with van der Waals surface area (Å²) in [6.07, 6.45) is -0.860. The SMILES string of the molecule is CNC(=O)COc1ccc(COC(=O)[C@@H](CCCNC(=O)OC(C)(C)C)NC(=O)OCC2c3ccccc3-c3ccccc32)c(OC)c1. The average molecular weight is 662 g/mol.